The number of ether oxygens (including phenoxy) is 1. The number of nitrogens with zero attached hydrogens (tertiary/aromatic N) is 1. The highest BCUT2D eigenvalue weighted by molar-refractivity contribution is 6.31. The van der Waals surface area contributed by atoms with Gasteiger partial charge in [0.25, 0.3) is 0 Å². The molecule has 140 valence electrons. The number of carbonyl (C=O) groups is 2. The second kappa shape index (κ2) is 7.13. The number of epoxide rings is 1. The van der Waals surface area contributed by atoms with E-state index in [1.54, 1.807) is 24.3 Å². The zero-order valence-corrected chi connectivity index (χ0v) is 15.5. The van der Waals surface area contributed by atoms with Crippen molar-refractivity contribution in [2.24, 2.45) is 0 Å². The van der Waals surface area contributed by atoms with Crippen LogP contribution in [0.1, 0.15) is 31.8 Å². The van der Waals surface area contributed by atoms with Crippen LogP contribution < -0.4 is 10.6 Å². The Morgan fingerprint density at radius 1 is 0.963 bits per heavy atom. The number of ketones is 2. The summed E-state index contributed by atoms with van der Waals surface area (Å²) in [4.78, 5) is 28.5. The molecule has 2 aromatic carbocycles. The van der Waals surface area contributed by atoms with Gasteiger partial charge in [-0.3, -0.25) is 9.59 Å². The quantitative estimate of drug-likeness (QED) is 0.626. The van der Waals surface area contributed by atoms with Gasteiger partial charge in [0.15, 0.2) is 11.6 Å². The standard InChI is InChI=1S/C21H23N3O3/c1-24(2)10-9-22-16-7-8-17(23-11-13-12-27-13)19-18(16)20(25)14-5-3-4-6-15(14)21(19)26/h3-8,13,22-23H,9-12H2,1-2H3/t13-/m0/s1. The van der Waals surface area contributed by atoms with Gasteiger partial charge >= 0.3 is 0 Å². The summed E-state index contributed by atoms with van der Waals surface area (Å²) in [6.45, 7) is 2.87. The van der Waals surface area contributed by atoms with E-state index >= 15 is 0 Å². The molecule has 1 fully saturated rings. The second-order valence-corrected chi connectivity index (χ2v) is 7.18. The SMILES string of the molecule is CN(C)CCNc1ccc(NC[C@H]2CO2)c2c1C(=O)c1ccccc1C2=O. The van der Waals surface area contributed by atoms with Crippen LogP contribution in [0.2, 0.25) is 0 Å². The van der Waals surface area contributed by atoms with E-state index < -0.39 is 0 Å². The van der Waals surface area contributed by atoms with E-state index in [0.29, 0.717) is 46.7 Å². The Kier molecular flexibility index (Phi) is 4.68. The lowest BCUT2D eigenvalue weighted by atomic mass is 9.82. The Morgan fingerprint density at radius 2 is 1.52 bits per heavy atom. The monoisotopic (exact) mass is 365 g/mol. The van der Waals surface area contributed by atoms with Gasteiger partial charge in [0.05, 0.1) is 23.8 Å². The van der Waals surface area contributed by atoms with E-state index in [1.165, 1.54) is 0 Å². The molecule has 2 aliphatic rings. The molecule has 0 amide bonds. The topological polar surface area (TPSA) is 74.0 Å². The maximum Gasteiger partial charge on any atom is 0.196 e. The Bertz CT molecular complexity index is 904. The third-order valence-electron chi connectivity index (χ3n) is 4.87. The lowest BCUT2D eigenvalue weighted by molar-refractivity contribution is 0.0980. The first kappa shape index (κ1) is 17.7. The van der Waals surface area contributed by atoms with E-state index in [4.69, 9.17) is 4.74 Å². The maximum absolute atomic E-state index is 13.2. The molecule has 2 aromatic rings. The van der Waals surface area contributed by atoms with Crippen LogP contribution in [0.15, 0.2) is 36.4 Å². The molecule has 0 radical (unpaired) electrons. The highest BCUT2D eigenvalue weighted by Gasteiger charge is 2.34. The smallest absolute Gasteiger partial charge is 0.196 e. The largest absolute Gasteiger partial charge is 0.383 e. The zero-order valence-electron chi connectivity index (χ0n) is 15.5. The summed E-state index contributed by atoms with van der Waals surface area (Å²) in [5.74, 6) is -0.227. The van der Waals surface area contributed by atoms with Crippen molar-refractivity contribution < 1.29 is 14.3 Å². The lowest BCUT2D eigenvalue weighted by Crippen LogP contribution is -2.26. The molecule has 1 saturated heterocycles. The van der Waals surface area contributed by atoms with Crippen LogP contribution in [0.4, 0.5) is 11.4 Å². The van der Waals surface area contributed by atoms with Gasteiger partial charge in [-0.25, -0.2) is 0 Å². The van der Waals surface area contributed by atoms with Gasteiger partial charge in [-0.15, -0.1) is 0 Å². The number of benzene rings is 2. The normalized spacial score (nSPS) is 17.5. The average molecular weight is 365 g/mol. The predicted octanol–water partition coefficient (Wildman–Crippen LogP) is 2.25. The van der Waals surface area contributed by atoms with E-state index in [9.17, 15) is 9.59 Å². The molecule has 27 heavy (non-hydrogen) atoms. The first-order valence-electron chi connectivity index (χ1n) is 9.15. The second-order valence-electron chi connectivity index (χ2n) is 7.18. The average Bonchev–Trinajstić information content (AvgIpc) is 3.49. The summed E-state index contributed by atoms with van der Waals surface area (Å²) in [5, 5.41) is 6.61. The van der Waals surface area contributed by atoms with Gasteiger partial charge < -0.3 is 20.3 Å². The Balaban J connectivity index is 1.75. The summed E-state index contributed by atoms with van der Waals surface area (Å²) in [6, 6.07) is 10.8. The van der Waals surface area contributed by atoms with Crippen LogP contribution in [0.5, 0.6) is 0 Å². The lowest BCUT2D eigenvalue weighted by Gasteiger charge is -2.24. The van der Waals surface area contributed by atoms with E-state index in [1.807, 2.05) is 26.2 Å². The zero-order chi connectivity index (χ0) is 19.0. The third-order valence-corrected chi connectivity index (χ3v) is 4.87. The van der Waals surface area contributed by atoms with Crippen molar-refractivity contribution in [3.05, 3.63) is 58.7 Å². The summed E-state index contributed by atoms with van der Waals surface area (Å²) in [7, 11) is 3.99. The van der Waals surface area contributed by atoms with Gasteiger partial charge in [-0.1, -0.05) is 24.3 Å². The number of fused-ring (bicyclic) bond motifs is 2. The highest BCUT2D eigenvalue weighted by Crippen LogP contribution is 2.36. The van der Waals surface area contributed by atoms with Crippen molar-refractivity contribution in [3.63, 3.8) is 0 Å². The van der Waals surface area contributed by atoms with Crippen LogP contribution in [0.3, 0.4) is 0 Å². The fourth-order valence-corrected chi connectivity index (χ4v) is 3.34. The molecule has 1 aliphatic carbocycles. The minimum atomic E-state index is -0.115. The molecule has 6 heteroatoms. The van der Waals surface area contributed by atoms with E-state index in [2.05, 4.69) is 15.5 Å². The number of hydrogen-bond acceptors (Lipinski definition) is 6. The van der Waals surface area contributed by atoms with Crippen molar-refractivity contribution in [1.29, 1.82) is 0 Å². The molecule has 2 N–H and O–H groups in total. The maximum atomic E-state index is 13.2. The van der Waals surface area contributed by atoms with Gasteiger partial charge in [0.2, 0.25) is 0 Å². The van der Waals surface area contributed by atoms with Crippen molar-refractivity contribution in [2.75, 3.05) is 51.0 Å². The van der Waals surface area contributed by atoms with Crippen LogP contribution >= 0.6 is 0 Å². The summed E-state index contributed by atoms with van der Waals surface area (Å²) in [6.07, 6.45) is 0.181. The number of nitrogens with one attached hydrogen (secondary N) is 2. The highest BCUT2D eigenvalue weighted by atomic mass is 16.6. The van der Waals surface area contributed by atoms with E-state index in [0.717, 1.165) is 13.2 Å². The molecule has 6 nitrogen and oxygen atoms in total. The Labute approximate surface area is 158 Å². The molecule has 1 heterocycles. The van der Waals surface area contributed by atoms with Crippen LogP contribution in [0, 0.1) is 0 Å². The molecule has 0 unspecified atom stereocenters. The molecule has 1 atom stereocenters. The van der Waals surface area contributed by atoms with Gasteiger partial charge in [-0.05, 0) is 26.2 Å². The van der Waals surface area contributed by atoms with Crippen molar-refractivity contribution in [2.45, 2.75) is 6.10 Å². The predicted molar refractivity (Wildman–Crippen MR) is 105 cm³/mol. The number of likely N-dealkylation sites (N-methyl/N-ethyl adjacent to an activating group) is 1. The summed E-state index contributed by atoms with van der Waals surface area (Å²) >= 11 is 0. The summed E-state index contributed by atoms with van der Waals surface area (Å²) < 4.78 is 5.25. The fraction of sp³-hybridized carbons (Fsp3) is 0.333. The van der Waals surface area contributed by atoms with E-state index in [-0.39, 0.29) is 17.7 Å². The van der Waals surface area contributed by atoms with Crippen LogP contribution in [-0.2, 0) is 4.74 Å². The number of anilines is 2. The van der Waals surface area contributed by atoms with Crippen molar-refractivity contribution >= 4 is 22.9 Å². The first-order valence-corrected chi connectivity index (χ1v) is 9.15. The number of hydrogen-bond donors (Lipinski definition) is 2. The summed E-state index contributed by atoms with van der Waals surface area (Å²) in [5.41, 5.74) is 3.23. The number of carbonyl (C=O) groups excluding carboxylic acids is 2. The van der Waals surface area contributed by atoms with Gasteiger partial charge in [0, 0.05) is 42.1 Å². The Hall–Kier alpha value is -2.70. The molecule has 0 spiro atoms. The van der Waals surface area contributed by atoms with Crippen molar-refractivity contribution in [3.8, 4) is 0 Å². The molecule has 1 aliphatic heterocycles. The molecule has 4 rings (SSSR count). The minimum Gasteiger partial charge on any atom is -0.383 e. The fourth-order valence-electron chi connectivity index (χ4n) is 3.34. The van der Waals surface area contributed by atoms with Crippen LogP contribution in [0.25, 0.3) is 0 Å². The molecule has 0 saturated carbocycles. The van der Waals surface area contributed by atoms with Crippen molar-refractivity contribution in [1.82, 2.24) is 4.90 Å². The number of rotatable bonds is 7. The third kappa shape index (κ3) is 3.46. The molecular formula is C21H23N3O3. The first-order chi connectivity index (χ1) is 13.1. The Morgan fingerprint density at radius 3 is 2.04 bits per heavy atom. The minimum absolute atomic E-state index is 0.112. The molecular weight excluding hydrogens is 342 g/mol. The van der Waals surface area contributed by atoms with Gasteiger partial charge in [-0.2, -0.15) is 0 Å². The van der Waals surface area contributed by atoms with Gasteiger partial charge in [0.1, 0.15) is 0 Å². The molecule has 0 bridgehead atoms. The molecule has 0 aromatic heterocycles. The van der Waals surface area contributed by atoms with Crippen LogP contribution in [-0.4, -0.2) is 62.9 Å².